The molecule has 0 aromatic heterocycles. The van der Waals surface area contributed by atoms with E-state index in [0.29, 0.717) is 16.0 Å². The number of hydrogen-bond donors (Lipinski definition) is 1. The quantitative estimate of drug-likeness (QED) is 0.686. The summed E-state index contributed by atoms with van der Waals surface area (Å²) in [6.45, 7) is 0.426. The average molecular weight is 397 g/mol. The summed E-state index contributed by atoms with van der Waals surface area (Å²) in [4.78, 5) is 11.4. The van der Waals surface area contributed by atoms with Crippen LogP contribution in [0.4, 0.5) is 0 Å². The first-order valence-corrected chi connectivity index (χ1v) is 7.85. The third kappa shape index (κ3) is 4.55. The van der Waals surface area contributed by atoms with Gasteiger partial charge in [-0.2, -0.15) is 0 Å². The number of rotatable bonds is 8. The zero-order valence-corrected chi connectivity index (χ0v) is 14.8. The second-order valence-corrected chi connectivity index (χ2v) is 5.58. The summed E-state index contributed by atoms with van der Waals surface area (Å²) >= 11 is 3.25. The molecule has 0 saturated carbocycles. The van der Waals surface area contributed by atoms with Crippen molar-refractivity contribution in [2.75, 3.05) is 27.4 Å². The molecule has 0 bridgehead atoms. The van der Waals surface area contributed by atoms with E-state index in [1.165, 1.54) is 13.2 Å². The highest BCUT2D eigenvalue weighted by Gasteiger charge is 2.18. The van der Waals surface area contributed by atoms with Gasteiger partial charge < -0.3 is 24.1 Å². The van der Waals surface area contributed by atoms with Crippen LogP contribution in [0.1, 0.15) is 10.4 Å². The molecule has 0 spiro atoms. The molecule has 0 aliphatic heterocycles. The molecule has 0 aliphatic carbocycles. The molecule has 1 N–H and O–H groups in total. The molecule has 0 saturated heterocycles. The number of halogens is 1. The van der Waals surface area contributed by atoms with Gasteiger partial charge in [0.1, 0.15) is 30.3 Å². The van der Waals surface area contributed by atoms with E-state index in [-0.39, 0.29) is 24.5 Å². The minimum atomic E-state index is -1.10. The van der Waals surface area contributed by atoms with Crippen LogP contribution in [-0.4, -0.2) is 38.5 Å². The first kappa shape index (κ1) is 17.9. The van der Waals surface area contributed by atoms with Gasteiger partial charge in [0.2, 0.25) is 0 Å². The third-order valence-electron chi connectivity index (χ3n) is 3.13. The second-order valence-electron chi connectivity index (χ2n) is 4.66. The van der Waals surface area contributed by atoms with Gasteiger partial charge in [-0.25, -0.2) is 4.79 Å². The summed E-state index contributed by atoms with van der Waals surface area (Å²) in [5, 5.41) is 9.29. The van der Waals surface area contributed by atoms with Gasteiger partial charge in [-0.3, -0.25) is 0 Å². The number of hydrogen-bond acceptors (Lipinski definition) is 5. The second kappa shape index (κ2) is 8.44. The molecular weight excluding hydrogens is 380 g/mol. The highest BCUT2D eigenvalue weighted by molar-refractivity contribution is 9.10. The van der Waals surface area contributed by atoms with Gasteiger partial charge in [-0.15, -0.1) is 0 Å². The zero-order valence-electron chi connectivity index (χ0n) is 13.2. The van der Waals surface area contributed by atoms with Crippen LogP contribution in [0.15, 0.2) is 40.9 Å². The Morgan fingerprint density at radius 2 is 1.62 bits per heavy atom. The van der Waals surface area contributed by atoms with Crippen LogP contribution in [0.5, 0.6) is 23.0 Å². The molecule has 0 amide bonds. The average Bonchev–Trinajstić information content (AvgIpc) is 2.59. The largest absolute Gasteiger partial charge is 0.497 e. The lowest BCUT2D eigenvalue weighted by Gasteiger charge is -2.14. The van der Waals surface area contributed by atoms with Crippen LogP contribution in [0.3, 0.4) is 0 Å². The van der Waals surface area contributed by atoms with E-state index in [1.54, 1.807) is 37.4 Å². The third-order valence-corrected chi connectivity index (χ3v) is 3.59. The van der Waals surface area contributed by atoms with Gasteiger partial charge in [0.25, 0.3) is 0 Å². The van der Waals surface area contributed by atoms with Crippen molar-refractivity contribution in [1.82, 2.24) is 0 Å². The maximum Gasteiger partial charge on any atom is 0.339 e. The van der Waals surface area contributed by atoms with Crippen molar-refractivity contribution in [2.24, 2.45) is 0 Å². The molecule has 7 heteroatoms. The Morgan fingerprint density at radius 3 is 2.21 bits per heavy atom. The SMILES string of the molecule is COc1ccc(OCCOc2c(OC)cc(Br)cc2C(=O)O)cc1. The number of ether oxygens (including phenoxy) is 4. The topological polar surface area (TPSA) is 74.2 Å². The van der Waals surface area contributed by atoms with Gasteiger partial charge in [0, 0.05) is 4.47 Å². The van der Waals surface area contributed by atoms with E-state index in [9.17, 15) is 9.90 Å². The van der Waals surface area contributed by atoms with Gasteiger partial charge in [0.05, 0.1) is 14.2 Å². The minimum Gasteiger partial charge on any atom is -0.497 e. The van der Waals surface area contributed by atoms with Crippen LogP contribution < -0.4 is 18.9 Å². The van der Waals surface area contributed by atoms with Crippen LogP contribution in [0.25, 0.3) is 0 Å². The number of carboxylic acids is 1. The lowest BCUT2D eigenvalue weighted by atomic mass is 10.2. The van der Waals surface area contributed by atoms with Crippen molar-refractivity contribution in [2.45, 2.75) is 0 Å². The van der Waals surface area contributed by atoms with Crippen LogP contribution in [-0.2, 0) is 0 Å². The molecule has 0 heterocycles. The summed E-state index contributed by atoms with van der Waals surface area (Å²) in [7, 11) is 3.05. The van der Waals surface area contributed by atoms with Crippen LogP contribution in [0.2, 0.25) is 0 Å². The summed E-state index contributed by atoms with van der Waals surface area (Å²) in [5.41, 5.74) is 0.0191. The van der Waals surface area contributed by atoms with E-state index in [4.69, 9.17) is 18.9 Å². The molecular formula is C17H17BrO6. The fraction of sp³-hybridized carbons (Fsp3) is 0.235. The molecule has 0 radical (unpaired) electrons. The van der Waals surface area contributed by atoms with Gasteiger partial charge in [0.15, 0.2) is 11.5 Å². The lowest BCUT2D eigenvalue weighted by Crippen LogP contribution is -2.12. The molecule has 24 heavy (non-hydrogen) atoms. The zero-order chi connectivity index (χ0) is 17.5. The fourth-order valence-corrected chi connectivity index (χ4v) is 2.44. The predicted molar refractivity (Wildman–Crippen MR) is 91.6 cm³/mol. The van der Waals surface area contributed by atoms with Gasteiger partial charge in [-0.1, -0.05) is 15.9 Å². The van der Waals surface area contributed by atoms with Crippen LogP contribution in [0, 0.1) is 0 Å². The minimum absolute atomic E-state index is 0.0191. The normalized spacial score (nSPS) is 10.1. The molecule has 0 atom stereocenters. The van der Waals surface area contributed by atoms with E-state index in [1.807, 2.05) is 0 Å². The molecule has 2 aromatic carbocycles. The van der Waals surface area contributed by atoms with E-state index in [2.05, 4.69) is 15.9 Å². The van der Waals surface area contributed by atoms with Crippen molar-refractivity contribution in [3.8, 4) is 23.0 Å². The summed E-state index contributed by atoms with van der Waals surface area (Å²) in [5.74, 6) is 0.823. The molecule has 0 aliphatic rings. The molecule has 0 fully saturated rings. The molecule has 128 valence electrons. The maximum atomic E-state index is 11.4. The predicted octanol–water partition coefficient (Wildman–Crippen LogP) is 3.62. The smallest absolute Gasteiger partial charge is 0.339 e. The molecule has 6 nitrogen and oxygen atoms in total. The van der Waals surface area contributed by atoms with Crippen molar-refractivity contribution in [3.63, 3.8) is 0 Å². The first-order chi connectivity index (χ1) is 11.5. The Balaban J connectivity index is 1.99. The summed E-state index contributed by atoms with van der Waals surface area (Å²) < 4.78 is 22.0. The number of methoxy groups -OCH3 is 2. The van der Waals surface area contributed by atoms with E-state index >= 15 is 0 Å². The summed E-state index contributed by atoms with van der Waals surface area (Å²) in [6.07, 6.45) is 0. The number of carbonyl (C=O) groups is 1. The Morgan fingerprint density at radius 1 is 1.00 bits per heavy atom. The lowest BCUT2D eigenvalue weighted by molar-refractivity contribution is 0.0690. The van der Waals surface area contributed by atoms with Crippen molar-refractivity contribution in [1.29, 1.82) is 0 Å². The van der Waals surface area contributed by atoms with Crippen molar-refractivity contribution >= 4 is 21.9 Å². The number of benzene rings is 2. The standard InChI is InChI=1S/C17H17BrO6/c1-21-12-3-5-13(6-4-12)23-7-8-24-16-14(17(19)20)9-11(18)10-15(16)22-2/h3-6,9-10H,7-8H2,1-2H3,(H,19,20). The summed E-state index contributed by atoms with van der Waals surface area (Å²) in [6, 6.07) is 10.2. The van der Waals surface area contributed by atoms with E-state index < -0.39 is 5.97 Å². The molecule has 2 aromatic rings. The first-order valence-electron chi connectivity index (χ1n) is 7.05. The molecule has 0 unspecified atom stereocenters. The number of aromatic carboxylic acids is 1. The fourth-order valence-electron chi connectivity index (χ4n) is 2.00. The van der Waals surface area contributed by atoms with E-state index in [0.717, 1.165) is 5.75 Å². The van der Waals surface area contributed by atoms with Gasteiger partial charge >= 0.3 is 5.97 Å². The Labute approximate surface area is 148 Å². The highest BCUT2D eigenvalue weighted by Crippen LogP contribution is 2.34. The van der Waals surface area contributed by atoms with Gasteiger partial charge in [-0.05, 0) is 36.4 Å². The van der Waals surface area contributed by atoms with Crippen molar-refractivity contribution < 1.29 is 28.8 Å². The highest BCUT2D eigenvalue weighted by atomic mass is 79.9. The van der Waals surface area contributed by atoms with Crippen LogP contribution >= 0.6 is 15.9 Å². The Kier molecular flexibility index (Phi) is 6.31. The number of carboxylic acid groups (broad SMARTS) is 1. The monoisotopic (exact) mass is 396 g/mol. The Hall–Kier alpha value is -2.41. The maximum absolute atomic E-state index is 11.4. The Bertz CT molecular complexity index is 699. The van der Waals surface area contributed by atoms with Crippen molar-refractivity contribution in [3.05, 3.63) is 46.4 Å². The molecule has 2 rings (SSSR count).